The van der Waals surface area contributed by atoms with Crippen LogP contribution in [0.3, 0.4) is 0 Å². The van der Waals surface area contributed by atoms with Crippen molar-refractivity contribution in [3.63, 3.8) is 0 Å². The molecule has 4 aromatic rings. The van der Waals surface area contributed by atoms with Gasteiger partial charge >= 0.3 is 0 Å². The van der Waals surface area contributed by atoms with Crippen LogP contribution in [0.25, 0.3) is 5.65 Å². The smallest absolute Gasteiger partial charge is 0.293 e. The molecule has 198 valence electrons. The van der Waals surface area contributed by atoms with Gasteiger partial charge in [-0.25, -0.2) is 9.37 Å². The zero-order valence-electron chi connectivity index (χ0n) is 21.1. The van der Waals surface area contributed by atoms with E-state index in [9.17, 15) is 14.0 Å². The molecule has 0 aliphatic heterocycles. The van der Waals surface area contributed by atoms with Gasteiger partial charge in [0.15, 0.2) is 6.10 Å². The Bertz CT molecular complexity index is 1390. The fourth-order valence-electron chi connectivity index (χ4n) is 4.03. The highest BCUT2D eigenvalue weighted by Crippen LogP contribution is 2.19. The average molecular weight is 539 g/mol. The molecule has 2 aromatic heterocycles. The van der Waals surface area contributed by atoms with E-state index < -0.39 is 6.10 Å². The number of hydrogen-bond acceptors (Lipinski definition) is 6. The van der Waals surface area contributed by atoms with Gasteiger partial charge in [-0.1, -0.05) is 30.7 Å². The highest BCUT2D eigenvalue weighted by atomic mass is 35.5. The summed E-state index contributed by atoms with van der Waals surface area (Å²) in [6.45, 7) is 3.19. The first-order valence-electron chi connectivity index (χ1n) is 12.1. The number of anilines is 1. The summed E-state index contributed by atoms with van der Waals surface area (Å²) in [6.07, 6.45) is 1.83. The SMILES string of the molecule is CCc1nc2cc(Cl)ccn2c1C(=O)NCc1ccc(N(C)CC(COc2ccc(F)cc2)OC=O)cc1. The number of hydrogen-bond donors (Lipinski definition) is 1. The van der Waals surface area contributed by atoms with Gasteiger partial charge in [0.2, 0.25) is 0 Å². The number of aryl methyl sites for hydroxylation is 1. The van der Waals surface area contributed by atoms with Crippen LogP contribution in [0.15, 0.2) is 66.9 Å². The zero-order valence-corrected chi connectivity index (χ0v) is 21.8. The molecule has 0 saturated carbocycles. The molecule has 0 spiro atoms. The molecule has 0 radical (unpaired) electrons. The van der Waals surface area contributed by atoms with Gasteiger partial charge in [-0.2, -0.15) is 0 Å². The second kappa shape index (κ2) is 12.4. The number of fused-ring (bicyclic) bond motifs is 1. The molecule has 0 aliphatic rings. The average Bonchev–Trinajstić information content (AvgIpc) is 3.29. The first kappa shape index (κ1) is 26.9. The Morgan fingerprint density at radius 3 is 2.61 bits per heavy atom. The monoisotopic (exact) mass is 538 g/mol. The van der Waals surface area contributed by atoms with Gasteiger partial charge in [0.1, 0.15) is 29.5 Å². The summed E-state index contributed by atoms with van der Waals surface area (Å²) in [5.74, 6) is -0.0844. The van der Waals surface area contributed by atoms with Crippen LogP contribution >= 0.6 is 11.6 Å². The maximum absolute atomic E-state index is 13.1. The molecule has 4 rings (SSSR count). The van der Waals surface area contributed by atoms with E-state index in [0.29, 0.717) is 53.8 Å². The molecule has 1 unspecified atom stereocenters. The molecule has 1 amide bonds. The summed E-state index contributed by atoms with van der Waals surface area (Å²) < 4.78 is 25.6. The molecule has 2 heterocycles. The number of likely N-dealkylation sites (N-methyl/N-ethyl adjacent to an activating group) is 1. The Labute approximate surface area is 224 Å². The van der Waals surface area contributed by atoms with Crippen molar-refractivity contribution in [1.29, 1.82) is 0 Å². The third-order valence-electron chi connectivity index (χ3n) is 6.02. The molecular weight excluding hydrogens is 511 g/mol. The van der Waals surface area contributed by atoms with Crippen LogP contribution in [0.4, 0.5) is 10.1 Å². The van der Waals surface area contributed by atoms with E-state index in [2.05, 4.69) is 10.3 Å². The van der Waals surface area contributed by atoms with Gasteiger partial charge in [-0.05, 0) is 54.4 Å². The van der Waals surface area contributed by atoms with Crippen LogP contribution in [0.5, 0.6) is 5.75 Å². The zero-order chi connectivity index (χ0) is 27.1. The maximum atomic E-state index is 13.1. The first-order valence-corrected chi connectivity index (χ1v) is 12.5. The molecule has 0 saturated heterocycles. The van der Waals surface area contributed by atoms with Gasteiger partial charge in [0, 0.05) is 36.6 Å². The van der Waals surface area contributed by atoms with E-state index in [1.54, 1.807) is 22.7 Å². The largest absolute Gasteiger partial charge is 0.490 e. The van der Waals surface area contributed by atoms with Gasteiger partial charge in [-0.3, -0.25) is 14.0 Å². The number of amides is 1. The predicted molar refractivity (Wildman–Crippen MR) is 143 cm³/mol. The van der Waals surface area contributed by atoms with E-state index in [-0.39, 0.29) is 18.3 Å². The van der Waals surface area contributed by atoms with Crippen molar-refractivity contribution in [2.24, 2.45) is 0 Å². The van der Waals surface area contributed by atoms with Crippen molar-refractivity contribution < 1.29 is 23.5 Å². The Morgan fingerprint density at radius 2 is 1.92 bits per heavy atom. The quantitative estimate of drug-likeness (QED) is 0.264. The number of imidazole rings is 1. The highest BCUT2D eigenvalue weighted by molar-refractivity contribution is 6.30. The third kappa shape index (κ3) is 6.60. The molecule has 8 nitrogen and oxygen atoms in total. The minimum Gasteiger partial charge on any atom is -0.490 e. The minimum atomic E-state index is -0.533. The van der Waals surface area contributed by atoms with Crippen molar-refractivity contribution in [3.8, 4) is 5.75 Å². The third-order valence-corrected chi connectivity index (χ3v) is 6.25. The summed E-state index contributed by atoms with van der Waals surface area (Å²) in [5.41, 5.74) is 3.66. The van der Waals surface area contributed by atoms with Crippen molar-refractivity contribution in [3.05, 3.63) is 94.7 Å². The number of nitrogens with zero attached hydrogens (tertiary/aromatic N) is 3. The Morgan fingerprint density at radius 1 is 1.18 bits per heavy atom. The van der Waals surface area contributed by atoms with Crippen molar-refractivity contribution in [1.82, 2.24) is 14.7 Å². The van der Waals surface area contributed by atoms with Gasteiger partial charge in [-0.15, -0.1) is 0 Å². The number of aromatic nitrogens is 2. The summed E-state index contributed by atoms with van der Waals surface area (Å²) >= 11 is 6.07. The first-order chi connectivity index (χ1) is 18.4. The van der Waals surface area contributed by atoms with E-state index in [4.69, 9.17) is 21.1 Å². The van der Waals surface area contributed by atoms with E-state index >= 15 is 0 Å². The van der Waals surface area contributed by atoms with E-state index in [1.807, 2.05) is 43.1 Å². The summed E-state index contributed by atoms with van der Waals surface area (Å²) in [6, 6.07) is 16.8. The summed E-state index contributed by atoms with van der Waals surface area (Å²) in [7, 11) is 1.87. The van der Waals surface area contributed by atoms with Crippen LogP contribution in [-0.4, -0.2) is 48.1 Å². The van der Waals surface area contributed by atoms with Gasteiger partial charge in [0.05, 0.1) is 12.2 Å². The molecule has 0 bridgehead atoms. The summed E-state index contributed by atoms with van der Waals surface area (Å²) in [4.78, 5) is 30.5. The number of carbonyl (C=O) groups excluding carboxylic acids is 2. The molecular formula is C28H28ClFN4O4. The molecule has 2 aromatic carbocycles. The lowest BCUT2D eigenvalue weighted by Gasteiger charge is -2.25. The number of pyridine rings is 1. The van der Waals surface area contributed by atoms with Crippen LogP contribution in [0.2, 0.25) is 5.02 Å². The maximum Gasteiger partial charge on any atom is 0.293 e. The Balaban J connectivity index is 1.34. The number of rotatable bonds is 12. The molecule has 1 atom stereocenters. The number of nitrogens with one attached hydrogen (secondary N) is 1. The second-order valence-corrected chi connectivity index (χ2v) is 9.12. The fraction of sp³-hybridized carbons (Fsp3) is 0.250. The normalized spacial score (nSPS) is 11.7. The molecule has 1 N–H and O–H groups in total. The van der Waals surface area contributed by atoms with E-state index in [1.165, 1.54) is 24.3 Å². The van der Waals surface area contributed by atoms with E-state index in [0.717, 1.165) is 11.3 Å². The fourth-order valence-corrected chi connectivity index (χ4v) is 4.19. The summed E-state index contributed by atoms with van der Waals surface area (Å²) in [5, 5.41) is 3.53. The Kier molecular flexibility index (Phi) is 8.81. The van der Waals surface area contributed by atoms with Gasteiger partial charge < -0.3 is 19.7 Å². The Hall–Kier alpha value is -4.11. The topological polar surface area (TPSA) is 85.2 Å². The predicted octanol–water partition coefficient (Wildman–Crippen LogP) is 4.68. The van der Waals surface area contributed by atoms with Crippen LogP contribution < -0.4 is 15.0 Å². The molecule has 0 aliphatic carbocycles. The number of ether oxygens (including phenoxy) is 2. The number of benzene rings is 2. The minimum absolute atomic E-state index is 0.119. The highest BCUT2D eigenvalue weighted by Gasteiger charge is 2.19. The van der Waals surface area contributed by atoms with Crippen LogP contribution in [0.1, 0.15) is 28.7 Å². The molecule has 38 heavy (non-hydrogen) atoms. The molecule has 10 heteroatoms. The van der Waals surface area contributed by atoms with Crippen LogP contribution in [0, 0.1) is 5.82 Å². The number of carbonyl (C=O) groups is 2. The van der Waals surface area contributed by atoms with Gasteiger partial charge in [0.25, 0.3) is 12.4 Å². The lowest BCUT2D eigenvalue weighted by atomic mass is 10.2. The molecule has 0 fully saturated rings. The van der Waals surface area contributed by atoms with Crippen molar-refractivity contribution in [2.45, 2.75) is 26.0 Å². The lowest BCUT2D eigenvalue weighted by Crippen LogP contribution is -2.35. The van der Waals surface area contributed by atoms with Crippen molar-refractivity contribution >= 4 is 35.3 Å². The standard InChI is InChI=1S/C28H28ClFN4O4/c1-3-25-27(34-13-12-20(29)14-26(34)32-25)28(36)31-15-19-4-8-22(9-5-19)33(2)16-24(38-18-35)17-37-23-10-6-21(30)7-11-23/h4-14,18,24H,3,15-17H2,1-2H3,(H,31,36). The number of halogens is 2. The lowest BCUT2D eigenvalue weighted by molar-refractivity contribution is -0.134. The second-order valence-electron chi connectivity index (χ2n) is 8.68. The van der Waals surface area contributed by atoms with Crippen LogP contribution in [-0.2, 0) is 22.5 Å². The van der Waals surface area contributed by atoms with Crippen molar-refractivity contribution in [2.75, 3.05) is 25.1 Å².